The first-order chi connectivity index (χ1) is 13.2. The molecule has 2 fully saturated rings. The van der Waals surface area contributed by atoms with Crippen LogP contribution < -0.4 is 5.73 Å². The van der Waals surface area contributed by atoms with E-state index in [1.165, 1.54) is 10.7 Å². The minimum atomic E-state index is -2.99. The Hall–Kier alpha value is -2.02. The molecule has 0 radical (unpaired) electrons. The van der Waals surface area contributed by atoms with Crippen molar-refractivity contribution in [3.63, 3.8) is 0 Å². The third-order valence-corrected chi connectivity index (χ3v) is 5.77. The molecular formula is C18H22ClF2N5O2. The number of rotatable bonds is 2. The lowest BCUT2D eigenvalue weighted by Crippen LogP contribution is -2.50. The minimum absolute atomic E-state index is 0.0257. The van der Waals surface area contributed by atoms with Gasteiger partial charge >= 0.3 is 0 Å². The summed E-state index contributed by atoms with van der Waals surface area (Å²) in [5, 5.41) is 22.2. The number of hydrogen-bond donors (Lipinski definition) is 2. The zero-order valence-corrected chi connectivity index (χ0v) is 16.2. The van der Waals surface area contributed by atoms with Crippen molar-refractivity contribution in [2.24, 2.45) is 0 Å². The molecule has 0 amide bonds. The molecule has 152 valence electrons. The number of anilines is 1. The summed E-state index contributed by atoms with van der Waals surface area (Å²) in [6.45, 7) is 2.24. The van der Waals surface area contributed by atoms with E-state index in [2.05, 4.69) is 10.1 Å². The van der Waals surface area contributed by atoms with E-state index < -0.39 is 11.3 Å². The van der Waals surface area contributed by atoms with Crippen LogP contribution in [0.1, 0.15) is 50.3 Å². The monoisotopic (exact) mass is 413 g/mol. The smallest absolute Gasteiger partial charge is 0.256 e. The number of nitrogen functional groups attached to an aromatic ring is 1. The first-order valence-electron chi connectivity index (χ1n) is 9.08. The number of nitrogens with zero attached hydrogens (tertiary/aromatic N) is 4. The van der Waals surface area contributed by atoms with Gasteiger partial charge in [-0.2, -0.15) is 5.26 Å². The summed E-state index contributed by atoms with van der Waals surface area (Å²) in [5.74, 6) is -3.05. The summed E-state index contributed by atoms with van der Waals surface area (Å²) in [6, 6.07) is 1.92. The van der Waals surface area contributed by atoms with Gasteiger partial charge in [0.1, 0.15) is 11.6 Å². The van der Waals surface area contributed by atoms with Gasteiger partial charge < -0.3 is 15.6 Å². The van der Waals surface area contributed by atoms with Gasteiger partial charge in [-0.1, -0.05) is 18.0 Å². The van der Waals surface area contributed by atoms with Gasteiger partial charge in [0.25, 0.3) is 5.92 Å². The molecule has 7 nitrogen and oxygen atoms in total. The predicted octanol–water partition coefficient (Wildman–Crippen LogP) is 3.07. The van der Waals surface area contributed by atoms with Crippen molar-refractivity contribution in [3.8, 4) is 6.07 Å². The molecule has 10 heteroatoms. The van der Waals surface area contributed by atoms with E-state index in [1.54, 1.807) is 0 Å². The Kier molecular flexibility index (Phi) is 5.75. The second-order valence-electron chi connectivity index (χ2n) is 7.26. The maximum atomic E-state index is 14.2. The molecule has 1 saturated carbocycles. The number of hydrogen-bond acceptors (Lipinski definition) is 6. The van der Waals surface area contributed by atoms with Crippen LogP contribution in [0.3, 0.4) is 0 Å². The molecule has 1 saturated heterocycles. The van der Waals surface area contributed by atoms with Crippen molar-refractivity contribution in [1.82, 2.24) is 14.6 Å². The number of fused-ring (bicyclic) bond motifs is 1. The number of halogens is 3. The Labute approximate surface area is 166 Å². The number of aliphatic hydroxyl groups excluding tert-OH is 1. The zero-order valence-electron chi connectivity index (χ0n) is 15.5. The van der Waals surface area contributed by atoms with Crippen LogP contribution in [0.2, 0.25) is 5.02 Å². The molecule has 2 aliphatic rings. The Balaban J connectivity index is 0.000000271. The fourth-order valence-electron chi connectivity index (χ4n) is 3.70. The van der Waals surface area contributed by atoms with Crippen molar-refractivity contribution in [2.75, 3.05) is 18.9 Å². The molecular weight excluding hydrogens is 392 g/mol. The third-order valence-electron chi connectivity index (χ3n) is 5.39. The van der Waals surface area contributed by atoms with Gasteiger partial charge in [0.05, 0.1) is 40.6 Å². The molecule has 2 aromatic heterocycles. The van der Waals surface area contributed by atoms with E-state index in [0.717, 1.165) is 26.4 Å². The molecule has 1 aliphatic heterocycles. The average Bonchev–Trinajstić information content (AvgIpc) is 2.86. The Morgan fingerprint density at radius 3 is 2.61 bits per heavy atom. The number of ether oxygens (including phenoxy) is 1. The number of nitriles is 1. The van der Waals surface area contributed by atoms with Crippen LogP contribution >= 0.6 is 11.6 Å². The normalized spacial score (nSPS) is 21.4. The first-order valence-corrected chi connectivity index (χ1v) is 9.46. The average molecular weight is 414 g/mol. The molecule has 2 aromatic rings. The molecule has 28 heavy (non-hydrogen) atoms. The van der Waals surface area contributed by atoms with Crippen LogP contribution in [0.15, 0.2) is 6.20 Å². The molecule has 0 bridgehead atoms. The highest BCUT2D eigenvalue weighted by Crippen LogP contribution is 2.55. The van der Waals surface area contributed by atoms with Crippen molar-refractivity contribution >= 4 is 23.1 Å². The molecule has 1 atom stereocenters. The van der Waals surface area contributed by atoms with Gasteiger partial charge in [-0.05, 0) is 25.7 Å². The van der Waals surface area contributed by atoms with E-state index in [1.807, 2.05) is 6.07 Å². The van der Waals surface area contributed by atoms with Gasteiger partial charge in [-0.25, -0.2) is 18.3 Å². The van der Waals surface area contributed by atoms with E-state index in [9.17, 15) is 14.0 Å². The molecule has 1 aliphatic carbocycles. The minimum Gasteiger partial charge on any atom is -0.391 e. The van der Waals surface area contributed by atoms with Crippen LogP contribution in [-0.2, 0) is 10.2 Å². The van der Waals surface area contributed by atoms with Crippen LogP contribution in [0.4, 0.5) is 14.7 Å². The van der Waals surface area contributed by atoms with Crippen molar-refractivity contribution in [3.05, 3.63) is 22.5 Å². The standard InChI is InChI=1S/C13H12ClF2N5.C5H10O2/c1-12(15,16)13(3-2-4-13)10-7(5-17)9(14)8-6-19-11(18)20-21(8)10;6-5-2-1-3-7-4-5/h6H,2-4H2,1H3,(H2,18,20);5-6H,1-4H2. The number of nitrogens with two attached hydrogens (primary N) is 1. The summed E-state index contributed by atoms with van der Waals surface area (Å²) >= 11 is 6.14. The highest BCUT2D eigenvalue weighted by Gasteiger charge is 2.58. The lowest BCUT2D eigenvalue weighted by Gasteiger charge is -2.45. The number of aromatic nitrogens is 3. The maximum Gasteiger partial charge on any atom is 0.256 e. The summed E-state index contributed by atoms with van der Waals surface area (Å²) < 4.78 is 34.6. The topological polar surface area (TPSA) is 109 Å². The SMILES string of the molecule is CC(F)(F)C1(c2c(C#N)c(Cl)c3cnc(N)nn23)CCC1.OC1CCCOC1. The van der Waals surface area contributed by atoms with Crippen LogP contribution in [0.25, 0.3) is 5.52 Å². The van der Waals surface area contributed by atoms with Crippen molar-refractivity contribution in [1.29, 1.82) is 5.26 Å². The van der Waals surface area contributed by atoms with E-state index in [-0.39, 0.29) is 41.2 Å². The summed E-state index contributed by atoms with van der Waals surface area (Å²) in [7, 11) is 0. The third kappa shape index (κ3) is 3.52. The maximum absolute atomic E-state index is 14.2. The van der Waals surface area contributed by atoms with Gasteiger partial charge in [0, 0.05) is 13.5 Å². The largest absolute Gasteiger partial charge is 0.391 e. The van der Waals surface area contributed by atoms with Crippen LogP contribution in [0, 0.1) is 11.3 Å². The molecule has 0 aromatic carbocycles. The first kappa shape index (κ1) is 20.7. The lowest BCUT2D eigenvalue weighted by molar-refractivity contribution is -0.0997. The van der Waals surface area contributed by atoms with E-state index >= 15 is 0 Å². The zero-order chi connectivity index (χ0) is 20.5. The van der Waals surface area contributed by atoms with Crippen molar-refractivity contribution < 1.29 is 18.6 Å². The van der Waals surface area contributed by atoms with Crippen LogP contribution in [-0.4, -0.2) is 44.9 Å². The molecule has 4 rings (SSSR count). The van der Waals surface area contributed by atoms with E-state index in [0.29, 0.717) is 18.5 Å². The van der Waals surface area contributed by atoms with Crippen molar-refractivity contribution in [2.45, 2.75) is 56.5 Å². The highest BCUT2D eigenvalue weighted by atomic mass is 35.5. The summed E-state index contributed by atoms with van der Waals surface area (Å²) in [5.41, 5.74) is 4.59. The fraction of sp³-hybridized carbons (Fsp3) is 0.611. The highest BCUT2D eigenvalue weighted by molar-refractivity contribution is 6.35. The Morgan fingerprint density at radius 1 is 1.46 bits per heavy atom. The fourth-order valence-corrected chi connectivity index (χ4v) is 3.96. The van der Waals surface area contributed by atoms with Crippen LogP contribution in [0.5, 0.6) is 0 Å². The number of alkyl halides is 2. The molecule has 3 N–H and O–H groups in total. The quantitative estimate of drug-likeness (QED) is 0.783. The van der Waals surface area contributed by atoms with Gasteiger partial charge in [-0.3, -0.25) is 0 Å². The van der Waals surface area contributed by atoms with Gasteiger partial charge in [0.15, 0.2) is 0 Å². The molecule has 1 unspecified atom stereocenters. The molecule has 3 heterocycles. The Morgan fingerprint density at radius 2 is 2.18 bits per heavy atom. The Bertz CT molecular complexity index is 896. The number of aliphatic hydroxyl groups is 1. The summed E-state index contributed by atoms with van der Waals surface area (Å²) in [4.78, 5) is 3.81. The second-order valence-corrected chi connectivity index (χ2v) is 7.64. The second kappa shape index (κ2) is 7.78. The van der Waals surface area contributed by atoms with Gasteiger partial charge in [-0.15, -0.1) is 5.10 Å². The van der Waals surface area contributed by atoms with Gasteiger partial charge in [0.2, 0.25) is 5.95 Å². The van der Waals surface area contributed by atoms with E-state index in [4.69, 9.17) is 27.2 Å². The molecule has 0 spiro atoms. The predicted molar refractivity (Wildman–Crippen MR) is 99.3 cm³/mol. The lowest BCUT2D eigenvalue weighted by atomic mass is 9.62. The summed E-state index contributed by atoms with van der Waals surface area (Å²) in [6.07, 6.45) is 4.30.